The van der Waals surface area contributed by atoms with E-state index in [1.54, 1.807) is 30.6 Å². The summed E-state index contributed by atoms with van der Waals surface area (Å²) in [6.07, 6.45) is 1.78. The maximum absolute atomic E-state index is 13.8. The van der Waals surface area contributed by atoms with E-state index < -0.39 is 12.0 Å². The molecule has 1 aliphatic rings. The summed E-state index contributed by atoms with van der Waals surface area (Å²) in [5, 5.41) is 8.92. The number of esters is 1. The number of nitrogens with zero attached hydrogens (tertiary/aromatic N) is 3. The maximum Gasteiger partial charge on any atom is 0.338 e. The lowest BCUT2D eigenvalue weighted by Crippen LogP contribution is -2.39. The van der Waals surface area contributed by atoms with Crippen molar-refractivity contribution in [2.24, 2.45) is 4.99 Å². The number of carbonyl (C=O) groups is 1. The van der Waals surface area contributed by atoms with Gasteiger partial charge in [0.2, 0.25) is 0 Å². The zero-order valence-electron chi connectivity index (χ0n) is 21.4. The average Bonchev–Trinajstić information content (AvgIpc) is 3.17. The van der Waals surface area contributed by atoms with Crippen molar-refractivity contribution in [1.29, 1.82) is 5.26 Å². The van der Waals surface area contributed by atoms with Gasteiger partial charge >= 0.3 is 5.97 Å². The summed E-state index contributed by atoms with van der Waals surface area (Å²) in [7, 11) is 0. The van der Waals surface area contributed by atoms with E-state index in [0.717, 1.165) is 20.3 Å². The van der Waals surface area contributed by atoms with Crippen molar-refractivity contribution in [3.8, 4) is 17.6 Å². The zero-order valence-corrected chi connectivity index (χ0v) is 24.4. The molecule has 196 valence electrons. The number of benzene rings is 2. The molecule has 0 amide bonds. The summed E-state index contributed by atoms with van der Waals surface area (Å²) in [4.78, 5) is 32.0. The van der Waals surface area contributed by atoms with Gasteiger partial charge in [-0.2, -0.15) is 5.26 Å². The molecular formula is C28H26IN3O5S. The molecule has 38 heavy (non-hydrogen) atoms. The Hall–Kier alpha value is -3.43. The number of hydrogen-bond acceptors (Lipinski definition) is 8. The van der Waals surface area contributed by atoms with Crippen molar-refractivity contribution < 1.29 is 19.0 Å². The molecule has 0 bridgehead atoms. The Bertz CT molecular complexity index is 1630. The van der Waals surface area contributed by atoms with E-state index in [-0.39, 0.29) is 18.8 Å². The first kappa shape index (κ1) is 27.6. The highest BCUT2D eigenvalue weighted by atomic mass is 127. The number of allylic oxidation sites excluding steroid dienone is 1. The monoisotopic (exact) mass is 643 g/mol. The third kappa shape index (κ3) is 5.54. The van der Waals surface area contributed by atoms with Gasteiger partial charge in [-0.25, -0.2) is 9.79 Å². The van der Waals surface area contributed by atoms with E-state index in [9.17, 15) is 9.59 Å². The first-order chi connectivity index (χ1) is 18.3. The lowest BCUT2D eigenvalue weighted by Gasteiger charge is -2.24. The second-order valence-electron chi connectivity index (χ2n) is 8.42. The van der Waals surface area contributed by atoms with Crippen LogP contribution in [0.25, 0.3) is 6.08 Å². The minimum Gasteiger partial charge on any atom is -0.490 e. The van der Waals surface area contributed by atoms with E-state index >= 15 is 0 Å². The molecule has 2 heterocycles. The molecule has 0 saturated carbocycles. The summed E-state index contributed by atoms with van der Waals surface area (Å²) in [5.74, 6) is 0.491. The molecule has 1 aliphatic heterocycles. The summed E-state index contributed by atoms with van der Waals surface area (Å²) < 4.78 is 19.4. The number of hydrogen-bond donors (Lipinski definition) is 0. The van der Waals surface area contributed by atoms with Gasteiger partial charge in [0.1, 0.15) is 6.07 Å². The molecule has 0 aliphatic carbocycles. The topological polar surface area (TPSA) is 103 Å². The first-order valence-electron chi connectivity index (χ1n) is 12.0. The Kier molecular flexibility index (Phi) is 8.69. The van der Waals surface area contributed by atoms with Crippen molar-refractivity contribution in [3.63, 3.8) is 0 Å². The number of nitriles is 1. The van der Waals surface area contributed by atoms with E-state index in [1.165, 1.54) is 11.3 Å². The second kappa shape index (κ2) is 12.0. The van der Waals surface area contributed by atoms with Crippen LogP contribution in [0.5, 0.6) is 11.5 Å². The zero-order chi connectivity index (χ0) is 27.4. The van der Waals surface area contributed by atoms with Gasteiger partial charge in [0.15, 0.2) is 22.9 Å². The summed E-state index contributed by atoms with van der Waals surface area (Å²) >= 11 is 3.38. The Labute approximate surface area is 237 Å². The van der Waals surface area contributed by atoms with E-state index in [4.69, 9.17) is 19.5 Å². The number of thiazole rings is 1. The maximum atomic E-state index is 13.8. The minimum absolute atomic E-state index is 0.102. The van der Waals surface area contributed by atoms with Gasteiger partial charge in [0.05, 0.1) is 38.6 Å². The molecular weight excluding hydrogens is 617 g/mol. The molecule has 0 N–H and O–H groups in total. The second-order valence-corrected chi connectivity index (χ2v) is 10.6. The van der Waals surface area contributed by atoms with Crippen molar-refractivity contribution in [2.45, 2.75) is 33.7 Å². The molecule has 3 aromatic rings. The molecule has 0 spiro atoms. The minimum atomic E-state index is -0.658. The quantitative estimate of drug-likeness (QED) is 0.272. The highest BCUT2D eigenvalue weighted by Gasteiger charge is 2.33. The predicted molar refractivity (Wildman–Crippen MR) is 153 cm³/mol. The van der Waals surface area contributed by atoms with Gasteiger partial charge in [-0.3, -0.25) is 9.36 Å². The van der Waals surface area contributed by atoms with Crippen LogP contribution in [0.4, 0.5) is 0 Å². The molecule has 4 rings (SSSR count). The lowest BCUT2D eigenvalue weighted by atomic mass is 9.95. The number of carbonyl (C=O) groups excluding carboxylic acids is 1. The fraction of sp³-hybridized carbons (Fsp3) is 0.286. The van der Waals surface area contributed by atoms with Crippen LogP contribution < -0.4 is 24.4 Å². The van der Waals surface area contributed by atoms with E-state index in [2.05, 4.69) is 27.6 Å². The first-order valence-corrected chi connectivity index (χ1v) is 13.9. The highest BCUT2D eigenvalue weighted by Crippen LogP contribution is 2.35. The van der Waals surface area contributed by atoms with Crippen molar-refractivity contribution in [3.05, 3.63) is 87.6 Å². The molecule has 2 aromatic carbocycles. The largest absolute Gasteiger partial charge is 0.490 e. The van der Waals surface area contributed by atoms with Gasteiger partial charge in [0, 0.05) is 0 Å². The Morgan fingerprint density at radius 1 is 1.18 bits per heavy atom. The van der Waals surface area contributed by atoms with Gasteiger partial charge in [-0.05, 0) is 79.6 Å². The van der Waals surface area contributed by atoms with Crippen LogP contribution in [-0.4, -0.2) is 30.4 Å². The van der Waals surface area contributed by atoms with Gasteiger partial charge in [-0.1, -0.05) is 41.2 Å². The third-order valence-corrected chi connectivity index (χ3v) is 7.60. The van der Waals surface area contributed by atoms with Crippen molar-refractivity contribution >= 4 is 46.0 Å². The molecule has 8 nitrogen and oxygen atoms in total. The number of aryl methyl sites for hydroxylation is 1. The SMILES string of the molecule is CCOC(=O)C1=C(C)N=c2s/c(=C/c3cc(I)c(OCC#N)c(OCC)c3)c(=O)n2[C@@H]1c1ccc(C)cc1. The number of ether oxygens (including phenoxy) is 3. The summed E-state index contributed by atoms with van der Waals surface area (Å²) in [6, 6.07) is 12.7. The van der Waals surface area contributed by atoms with Crippen LogP contribution in [0.1, 0.15) is 43.5 Å². The summed E-state index contributed by atoms with van der Waals surface area (Å²) in [5.41, 5.74) is 3.22. The summed E-state index contributed by atoms with van der Waals surface area (Å²) in [6.45, 7) is 7.89. The lowest BCUT2D eigenvalue weighted by molar-refractivity contribution is -0.139. The number of aromatic nitrogens is 1. The van der Waals surface area contributed by atoms with E-state index in [0.29, 0.717) is 38.7 Å². The highest BCUT2D eigenvalue weighted by molar-refractivity contribution is 14.1. The van der Waals surface area contributed by atoms with Crippen molar-refractivity contribution in [1.82, 2.24) is 4.57 Å². The van der Waals surface area contributed by atoms with Crippen LogP contribution in [0.15, 0.2) is 57.5 Å². The molecule has 10 heteroatoms. The van der Waals surface area contributed by atoms with Crippen LogP contribution in [0.3, 0.4) is 0 Å². The number of halogens is 1. The normalized spacial score (nSPS) is 14.9. The molecule has 0 saturated heterocycles. The van der Waals surface area contributed by atoms with E-state index in [1.807, 2.05) is 50.2 Å². The molecule has 0 fully saturated rings. The van der Waals surface area contributed by atoms with Crippen LogP contribution in [0, 0.1) is 21.8 Å². The molecule has 1 aromatic heterocycles. The average molecular weight is 644 g/mol. The number of rotatable bonds is 8. The smallest absolute Gasteiger partial charge is 0.338 e. The van der Waals surface area contributed by atoms with Crippen molar-refractivity contribution in [2.75, 3.05) is 19.8 Å². The Balaban J connectivity index is 1.90. The molecule has 0 unspecified atom stereocenters. The fourth-order valence-corrected chi connectivity index (χ4v) is 6.01. The van der Waals surface area contributed by atoms with Gasteiger partial charge < -0.3 is 14.2 Å². The Morgan fingerprint density at radius 3 is 2.58 bits per heavy atom. The molecule has 1 atom stereocenters. The van der Waals surface area contributed by atoms with Gasteiger partial charge in [-0.15, -0.1) is 0 Å². The standard InChI is InChI=1S/C28H26IN3O5S/c1-5-35-21-14-18(13-20(29)25(21)37-12-11-30)15-22-26(33)32-24(19-9-7-16(3)8-10-19)23(27(34)36-6-2)17(4)31-28(32)38-22/h7-10,13-15,24H,5-6,12H2,1-4H3/b22-15+/t24-/m1/s1. The fourth-order valence-electron chi connectivity index (χ4n) is 4.19. The number of fused-ring (bicyclic) bond motifs is 1. The van der Waals surface area contributed by atoms with Crippen LogP contribution in [0.2, 0.25) is 0 Å². The van der Waals surface area contributed by atoms with Crippen LogP contribution in [-0.2, 0) is 9.53 Å². The third-order valence-electron chi connectivity index (χ3n) is 5.82. The van der Waals surface area contributed by atoms with Gasteiger partial charge in [0.25, 0.3) is 5.56 Å². The Morgan fingerprint density at radius 2 is 1.92 bits per heavy atom. The molecule has 0 radical (unpaired) electrons. The predicted octanol–water partition coefficient (Wildman–Crippen LogP) is 4.01. The van der Waals surface area contributed by atoms with Crippen LogP contribution >= 0.6 is 33.9 Å².